The van der Waals surface area contributed by atoms with E-state index in [1.165, 1.54) is 19.3 Å². The van der Waals surface area contributed by atoms with Crippen LogP contribution in [0.15, 0.2) is 12.4 Å². The molecule has 1 heterocycles. The second-order valence-corrected chi connectivity index (χ2v) is 3.90. The molecule has 0 radical (unpaired) electrons. The van der Waals surface area contributed by atoms with E-state index >= 15 is 0 Å². The molecule has 1 saturated carbocycles. The highest BCUT2D eigenvalue weighted by atomic mass is 15.1. The predicted octanol–water partition coefficient (Wildman–Crippen LogP) is 1.80. The number of nitrogen functional groups attached to an aromatic ring is 1. The topological polar surface area (TPSA) is 63.8 Å². The molecule has 4 nitrogen and oxygen atoms in total. The minimum atomic E-state index is 0.226. The number of aromatic nitrogens is 2. The largest absolute Gasteiger partial charge is 0.381 e. The molecule has 1 aromatic rings. The molecule has 0 amide bonds. The van der Waals surface area contributed by atoms with Crippen molar-refractivity contribution in [3.63, 3.8) is 0 Å². The van der Waals surface area contributed by atoms with Crippen LogP contribution in [0.25, 0.3) is 0 Å². The Labute approximate surface area is 83.9 Å². The SMILES string of the molecule is CCC1(Nc2nccnc2N)CCC1. The van der Waals surface area contributed by atoms with Crippen molar-refractivity contribution in [2.45, 2.75) is 38.1 Å². The Morgan fingerprint density at radius 3 is 2.64 bits per heavy atom. The Balaban J connectivity index is 2.13. The van der Waals surface area contributed by atoms with Gasteiger partial charge < -0.3 is 11.1 Å². The van der Waals surface area contributed by atoms with Crippen LogP contribution >= 0.6 is 0 Å². The molecule has 1 fully saturated rings. The maximum atomic E-state index is 5.73. The summed E-state index contributed by atoms with van der Waals surface area (Å²) in [5.41, 5.74) is 5.95. The Hall–Kier alpha value is -1.32. The molecular weight excluding hydrogens is 176 g/mol. The molecule has 0 saturated heterocycles. The van der Waals surface area contributed by atoms with Crippen LogP contribution in [-0.4, -0.2) is 15.5 Å². The summed E-state index contributed by atoms with van der Waals surface area (Å²) in [7, 11) is 0. The average Bonchev–Trinajstić information content (AvgIpc) is 2.14. The predicted molar refractivity (Wildman–Crippen MR) is 56.9 cm³/mol. The first kappa shape index (κ1) is 9.24. The zero-order valence-corrected chi connectivity index (χ0v) is 8.45. The minimum Gasteiger partial charge on any atom is -0.381 e. The van der Waals surface area contributed by atoms with E-state index in [9.17, 15) is 0 Å². The van der Waals surface area contributed by atoms with E-state index in [2.05, 4.69) is 22.2 Å². The molecule has 1 aliphatic rings. The fourth-order valence-electron chi connectivity index (χ4n) is 1.87. The summed E-state index contributed by atoms with van der Waals surface area (Å²) in [5.74, 6) is 1.22. The normalized spacial score (nSPS) is 18.6. The van der Waals surface area contributed by atoms with Crippen molar-refractivity contribution in [2.75, 3.05) is 11.1 Å². The van der Waals surface area contributed by atoms with Crippen molar-refractivity contribution in [1.29, 1.82) is 0 Å². The molecule has 76 valence electrons. The van der Waals surface area contributed by atoms with Crippen molar-refractivity contribution >= 4 is 11.6 Å². The number of nitrogens with zero attached hydrogens (tertiary/aromatic N) is 2. The van der Waals surface area contributed by atoms with Crippen LogP contribution in [0.1, 0.15) is 32.6 Å². The Morgan fingerprint density at radius 1 is 1.43 bits per heavy atom. The number of rotatable bonds is 3. The van der Waals surface area contributed by atoms with Gasteiger partial charge in [-0.15, -0.1) is 0 Å². The first-order valence-corrected chi connectivity index (χ1v) is 5.10. The Bertz CT molecular complexity index is 314. The molecule has 0 bridgehead atoms. The summed E-state index contributed by atoms with van der Waals surface area (Å²) in [6, 6.07) is 0. The summed E-state index contributed by atoms with van der Waals surface area (Å²) in [6.45, 7) is 2.19. The van der Waals surface area contributed by atoms with Gasteiger partial charge in [-0.1, -0.05) is 6.92 Å². The lowest BCUT2D eigenvalue weighted by Gasteiger charge is -2.42. The molecule has 0 atom stereocenters. The third kappa shape index (κ3) is 1.52. The second kappa shape index (κ2) is 3.44. The smallest absolute Gasteiger partial charge is 0.169 e. The van der Waals surface area contributed by atoms with Crippen molar-refractivity contribution in [3.05, 3.63) is 12.4 Å². The molecule has 0 aliphatic heterocycles. The number of nitrogens with one attached hydrogen (secondary N) is 1. The monoisotopic (exact) mass is 192 g/mol. The molecule has 3 N–H and O–H groups in total. The fraction of sp³-hybridized carbons (Fsp3) is 0.600. The quantitative estimate of drug-likeness (QED) is 0.766. The molecule has 1 aliphatic carbocycles. The summed E-state index contributed by atoms with van der Waals surface area (Å²) >= 11 is 0. The Kier molecular flexibility index (Phi) is 2.27. The van der Waals surface area contributed by atoms with Gasteiger partial charge in [0.2, 0.25) is 0 Å². The first-order chi connectivity index (χ1) is 6.76. The summed E-state index contributed by atoms with van der Waals surface area (Å²) in [6.07, 6.45) is 8.10. The maximum Gasteiger partial charge on any atom is 0.169 e. The highest BCUT2D eigenvalue weighted by Crippen LogP contribution is 2.38. The van der Waals surface area contributed by atoms with Crippen LogP contribution in [0.2, 0.25) is 0 Å². The third-order valence-electron chi connectivity index (χ3n) is 3.10. The first-order valence-electron chi connectivity index (χ1n) is 5.10. The summed E-state index contributed by atoms with van der Waals surface area (Å²) in [5, 5.41) is 3.41. The fourth-order valence-corrected chi connectivity index (χ4v) is 1.87. The molecule has 0 unspecified atom stereocenters. The van der Waals surface area contributed by atoms with Gasteiger partial charge in [-0.3, -0.25) is 0 Å². The maximum absolute atomic E-state index is 5.73. The summed E-state index contributed by atoms with van der Waals surface area (Å²) < 4.78 is 0. The lowest BCUT2D eigenvalue weighted by atomic mass is 9.75. The van der Waals surface area contributed by atoms with Crippen molar-refractivity contribution < 1.29 is 0 Å². The lowest BCUT2D eigenvalue weighted by Crippen LogP contribution is -2.44. The number of hydrogen-bond donors (Lipinski definition) is 2. The molecule has 0 spiro atoms. The molecular formula is C10H16N4. The van der Waals surface area contributed by atoms with Gasteiger partial charge in [-0.2, -0.15) is 0 Å². The van der Waals surface area contributed by atoms with Crippen LogP contribution in [0.4, 0.5) is 11.6 Å². The van der Waals surface area contributed by atoms with E-state index in [4.69, 9.17) is 5.73 Å². The number of nitrogens with two attached hydrogens (primary N) is 1. The van der Waals surface area contributed by atoms with Gasteiger partial charge in [0.15, 0.2) is 11.6 Å². The minimum absolute atomic E-state index is 0.226. The van der Waals surface area contributed by atoms with Crippen molar-refractivity contribution in [2.24, 2.45) is 0 Å². The third-order valence-corrected chi connectivity index (χ3v) is 3.10. The van der Waals surface area contributed by atoms with E-state index in [0.717, 1.165) is 12.2 Å². The van der Waals surface area contributed by atoms with E-state index in [0.29, 0.717) is 5.82 Å². The molecule has 4 heteroatoms. The van der Waals surface area contributed by atoms with E-state index < -0.39 is 0 Å². The molecule has 0 aromatic carbocycles. The van der Waals surface area contributed by atoms with Gasteiger partial charge in [0.1, 0.15) is 0 Å². The molecule has 2 rings (SSSR count). The van der Waals surface area contributed by atoms with Crippen molar-refractivity contribution in [3.8, 4) is 0 Å². The van der Waals surface area contributed by atoms with E-state index in [-0.39, 0.29) is 5.54 Å². The van der Waals surface area contributed by atoms with Crippen LogP contribution in [0.5, 0.6) is 0 Å². The highest BCUT2D eigenvalue weighted by molar-refractivity contribution is 5.56. The van der Waals surface area contributed by atoms with Gasteiger partial charge in [0.05, 0.1) is 0 Å². The average molecular weight is 192 g/mol. The summed E-state index contributed by atoms with van der Waals surface area (Å²) in [4.78, 5) is 8.20. The van der Waals surface area contributed by atoms with Gasteiger partial charge in [-0.05, 0) is 25.7 Å². The van der Waals surface area contributed by atoms with Crippen LogP contribution < -0.4 is 11.1 Å². The van der Waals surface area contributed by atoms with Crippen molar-refractivity contribution in [1.82, 2.24) is 9.97 Å². The standard InChI is InChI=1S/C10H16N4/c1-2-10(4-3-5-10)14-9-8(11)12-6-7-13-9/h6-7H,2-5H2,1H3,(H2,11,12)(H,13,14). The molecule has 1 aromatic heterocycles. The van der Waals surface area contributed by atoms with Gasteiger partial charge >= 0.3 is 0 Å². The Morgan fingerprint density at radius 2 is 2.14 bits per heavy atom. The zero-order valence-electron chi connectivity index (χ0n) is 8.45. The van der Waals surface area contributed by atoms with E-state index in [1.807, 2.05) is 0 Å². The number of anilines is 2. The van der Waals surface area contributed by atoms with Crippen LogP contribution in [0, 0.1) is 0 Å². The molecule has 14 heavy (non-hydrogen) atoms. The zero-order chi connectivity index (χ0) is 10.0. The highest BCUT2D eigenvalue weighted by Gasteiger charge is 2.35. The van der Waals surface area contributed by atoms with Gasteiger partial charge in [0.25, 0.3) is 0 Å². The van der Waals surface area contributed by atoms with E-state index in [1.54, 1.807) is 12.4 Å². The van der Waals surface area contributed by atoms with Gasteiger partial charge in [-0.25, -0.2) is 9.97 Å². The van der Waals surface area contributed by atoms with Crippen LogP contribution in [0.3, 0.4) is 0 Å². The second-order valence-electron chi connectivity index (χ2n) is 3.90. The lowest BCUT2D eigenvalue weighted by molar-refractivity contribution is 0.269. The van der Waals surface area contributed by atoms with Crippen LogP contribution in [-0.2, 0) is 0 Å². The van der Waals surface area contributed by atoms with Gasteiger partial charge in [0, 0.05) is 17.9 Å². The number of hydrogen-bond acceptors (Lipinski definition) is 4.